The summed E-state index contributed by atoms with van der Waals surface area (Å²) < 4.78 is 24.9. The van der Waals surface area contributed by atoms with Gasteiger partial charge < -0.3 is 0 Å². The van der Waals surface area contributed by atoms with Crippen LogP contribution in [0.3, 0.4) is 0 Å². The molecule has 4 nitrogen and oxygen atoms in total. The molecule has 0 radical (unpaired) electrons. The third-order valence-corrected chi connectivity index (χ3v) is 4.46. The number of hydrogen-bond acceptors (Lipinski definition) is 3. The molecule has 0 unspecified atom stereocenters. The smallest absolute Gasteiger partial charge is 0.240 e. The highest BCUT2D eigenvalue weighted by molar-refractivity contribution is 7.90. The minimum atomic E-state index is -3.35. The minimum Gasteiger partial charge on any atom is -0.273 e. The molecule has 14 heavy (non-hydrogen) atoms. The van der Waals surface area contributed by atoms with Crippen LogP contribution >= 0.6 is 0 Å². The van der Waals surface area contributed by atoms with Gasteiger partial charge in [-0.2, -0.15) is 0 Å². The highest BCUT2D eigenvalue weighted by atomic mass is 32.2. The minimum absolute atomic E-state index is 0.187. The van der Waals surface area contributed by atoms with Crippen molar-refractivity contribution in [2.24, 2.45) is 5.92 Å². The van der Waals surface area contributed by atoms with Gasteiger partial charge in [0.1, 0.15) is 0 Å². The van der Waals surface area contributed by atoms with Gasteiger partial charge in [0.2, 0.25) is 15.9 Å². The second kappa shape index (κ2) is 3.08. The normalized spacial score (nSPS) is 28.9. The molecule has 0 aliphatic heterocycles. The van der Waals surface area contributed by atoms with E-state index in [4.69, 9.17) is 0 Å². The number of allylic oxidation sites excluding steroid dienone is 1. The van der Waals surface area contributed by atoms with E-state index in [9.17, 15) is 13.2 Å². The van der Waals surface area contributed by atoms with E-state index in [-0.39, 0.29) is 17.1 Å². The van der Waals surface area contributed by atoms with Crippen molar-refractivity contribution in [3.63, 3.8) is 0 Å². The monoisotopic (exact) mass is 215 g/mol. The molecule has 2 fully saturated rings. The van der Waals surface area contributed by atoms with E-state index in [1.54, 1.807) is 0 Å². The largest absolute Gasteiger partial charge is 0.273 e. The quantitative estimate of drug-likeness (QED) is 0.700. The SMILES string of the molecule is C/C=C1/C[C@@H]1C(=O)NS(=O)(=O)C1CC1. The molecule has 0 aromatic carbocycles. The van der Waals surface area contributed by atoms with E-state index in [1.165, 1.54) is 0 Å². The van der Waals surface area contributed by atoms with Gasteiger partial charge in [0, 0.05) is 0 Å². The fourth-order valence-corrected chi connectivity index (χ4v) is 2.78. The predicted octanol–water partition coefficient (Wildman–Crippen LogP) is 0.561. The van der Waals surface area contributed by atoms with Crippen LogP contribution in [0.15, 0.2) is 11.6 Å². The summed E-state index contributed by atoms with van der Waals surface area (Å²) in [5.41, 5.74) is 1.04. The van der Waals surface area contributed by atoms with Gasteiger partial charge in [-0.05, 0) is 26.2 Å². The summed E-state index contributed by atoms with van der Waals surface area (Å²) in [5, 5.41) is -0.320. The summed E-state index contributed by atoms with van der Waals surface area (Å²) in [4.78, 5) is 11.4. The Kier molecular flexibility index (Phi) is 2.14. The van der Waals surface area contributed by atoms with Gasteiger partial charge in [-0.25, -0.2) is 8.42 Å². The predicted molar refractivity (Wildman–Crippen MR) is 51.9 cm³/mol. The summed E-state index contributed by atoms with van der Waals surface area (Å²) >= 11 is 0. The van der Waals surface area contributed by atoms with Crippen molar-refractivity contribution in [3.8, 4) is 0 Å². The average Bonchev–Trinajstić information content (AvgIpc) is 2.98. The maximum Gasteiger partial charge on any atom is 0.240 e. The molecule has 0 aromatic rings. The molecule has 0 bridgehead atoms. The van der Waals surface area contributed by atoms with Gasteiger partial charge in [-0.15, -0.1) is 0 Å². The van der Waals surface area contributed by atoms with Crippen LogP contribution in [0, 0.1) is 5.92 Å². The molecule has 2 rings (SSSR count). The van der Waals surface area contributed by atoms with E-state index in [2.05, 4.69) is 4.72 Å². The summed E-state index contributed by atoms with van der Waals surface area (Å²) in [7, 11) is -3.35. The Hall–Kier alpha value is -0.840. The van der Waals surface area contributed by atoms with Crippen LogP contribution in [-0.2, 0) is 14.8 Å². The average molecular weight is 215 g/mol. The molecule has 0 saturated heterocycles. The van der Waals surface area contributed by atoms with E-state index in [0.29, 0.717) is 19.3 Å². The molecule has 0 heterocycles. The number of sulfonamides is 1. The lowest BCUT2D eigenvalue weighted by molar-refractivity contribution is -0.120. The molecular formula is C9H13NO3S. The first kappa shape index (κ1) is 9.71. The zero-order valence-corrected chi connectivity index (χ0v) is 8.80. The van der Waals surface area contributed by atoms with Crippen LogP contribution in [0.5, 0.6) is 0 Å². The summed E-state index contributed by atoms with van der Waals surface area (Å²) in [6, 6.07) is 0. The highest BCUT2D eigenvalue weighted by Crippen LogP contribution is 2.38. The van der Waals surface area contributed by atoms with Crippen LogP contribution < -0.4 is 4.72 Å². The molecule has 0 spiro atoms. The van der Waals surface area contributed by atoms with E-state index in [1.807, 2.05) is 13.0 Å². The van der Waals surface area contributed by atoms with Crippen LogP contribution in [0.1, 0.15) is 26.2 Å². The maximum absolute atomic E-state index is 11.4. The Labute approximate surface area is 83.4 Å². The van der Waals surface area contributed by atoms with Crippen LogP contribution in [-0.4, -0.2) is 19.6 Å². The lowest BCUT2D eigenvalue weighted by atomic mass is 10.4. The van der Waals surface area contributed by atoms with Crippen LogP contribution in [0.4, 0.5) is 0 Å². The van der Waals surface area contributed by atoms with Crippen molar-refractivity contribution in [2.75, 3.05) is 0 Å². The number of rotatable bonds is 3. The van der Waals surface area contributed by atoms with E-state index in [0.717, 1.165) is 5.57 Å². The lowest BCUT2D eigenvalue weighted by Gasteiger charge is -2.03. The Bertz CT molecular complexity index is 392. The van der Waals surface area contributed by atoms with Gasteiger partial charge in [-0.3, -0.25) is 9.52 Å². The molecule has 1 atom stereocenters. The first-order valence-corrected chi connectivity index (χ1v) is 6.30. The van der Waals surface area contributed by atoms with Gasteiger partial charge in [0.05, 0.1) is 11.2 Å². The van der Waals surface area contributed by atoms with E-state index >= 15 is 0 Å². The van der Waals surface area contributed by atoms with Gasteiger partial charge in [0.15, 0.2) is 0 Å². The second-order valence-corrected chi connectivity index (χ2v) is 5.79. The Balaban J connectivity index is 1.95. The molecule has 78 valence electrons. The van der Waals surface area contributed by atoms with Crippen molar-refractivity contribution >= 4 is 15.9 Å². The van der Waals surface area contributed by atoms with E-state index < -0.39 is 10.0 Å². The number of carbonyl (C=O) groups is 1. The summed E-state index contributed by atoms with van der Waals surface area (Å²) in [6.07, 6.45) is 3.95. The van der Waals surface area contributed by atoms with Crippen molar-refractivity contribution < 1.29 is 13.2 Å². The fourth-order valence-electron chi connectivity index (χ4n) is 1.43. The van der Waals surface area contributed by atoms with Crippen LogP contribution in [0.2, 0.25) is 0 Å². The van der Waals surface area contributed by atoms with Gasteiger partial charge in [0.25, 0.3) is 0 Å². The molecule has 1 amide bonds. The van der Waals surface area contributed by atoms with Crippen molar-refractivity contribution in [1.29, 1.82) is 0 Å². The summed E-state index contributed by atoms with van der Waals surface area (Å²) in [5.74, 6) is -0.543. The zero-order valence-electron chi connectivity index (χ0n) is 7.99. The third-order valence-electron chi connectivity index (χ3n) is 2.62. The molecule has 5 heteroatoms. The van der Waals surface area contributed by atoms with Crippen molar-refractivity contribution in [3.05, 3.63) is 11.6 Å². The maximum atomic E-state index is 11.4. The Morgan fingerprint density at radius 1 is 1.50 bits per heavy atom. The third kappa shape index (κ3) is 1.82. The molecule has 2 aliphatic carbocycles. The van der Waals surface area contributed by atoms with Gasteiger partial charge in [-0.1, -0.05) is 11.6 Å². The lowest BCUT2D eigenvalue weighted by Crippen LogP contribution is -2.34. The first-order chi connectivity index (χ1) is 6.54. The number of carbonyl (C=O) groups excluding carboxylic acids is 1. The molecular weight excluding hydrogens is 202 g/mol. The molecule has 2 aliphatic rings. The summed E-state index contributed by atoms with van der Waals surface area (Å²) in [6.45, 7) is 1.86. The van der Waals surface area contributed by atoms with Crippen molar-refractivity contribution in [1.82, 2.24) is 4.72 Å². The number of amides is 1. The zero-order chi connectivity index (χ0) is 10.3. The Morgan fingerprint density at radius 3 is 2.57 bits per heavy atom. The number of hydrogen-bond donors (Lipinski definition) is 1. The van der Waals surface area contributed by atoms with Crippen LogP contribution in [0.25, 0.3) is 0 Å². The number of nitrogens with one attached hydrogen (secondary N) is 1. The molecule has 0 aromatic heterocycles. The first-order valence-electron chi connectivity index (χ1n) is 4.75. The highest BCUT2D eigenvalue weighted by Gasteiger charge is 2.42. The topological polar surface area (TPSA) is 63.2 Å². The molecule has 2 saturated carbocycles. The molecule has 1 N–H and O–H groups in total. The Morgan fingerprint density at radius 2 is 2.14 bits per heavy atom. The fraction of sp³-hybridized carbons (Fsp3) is 0.667. The van der Waals surface area contributed by atoms with Crippen molar-refractivity contribution in [2.45, 2.75) is 31.4 Å². The van der Waals surface area contributed by atoms with Gasteiger partial charge >= 0.3 is 0 Å². The standard InChI is InChI=1S/C9H13NO3S/c1-2-6-5-8(6)9(11)10-14(12,13)7-3-4-7/h2,7-8H,3-5H2,1H3,(H,10,11)/b6-2-/t8-/m0/s1. The second-order valence-electron chi connectivity index (χ2n) is 3.83.